The smallest absolute Gasteiger partial charge is 0.0967 e. The maximum absolute atomic E-state index is 5.43. The quantitative estimate of drug-likeness (QED) is 0.567. The van der Waals surface area contributed by atoms with E-state index in [2.05, 4.69) is 12.2 Å². The molecule has 4 bridgehead atoms. The molecule has 4 aliphatic rings. The molecule has 4 aliphatic carbocycles. The molecular weight excluding hydrogens is 186 g/mol. The van der Waals surface area contributed by atoms with Gasteiger partial charge in [0.05, 0.1) is 6.73 Å². The fraction of sp³-hybridized carbons (Fsp3) is 1.00. The van der Waals surface area contributed by atoms with E-state index < -0.39 is 0 Å². The molecule has 0 heterocycles. The highest BCUT2D eigenvalue weighted by molar-refractivity contribution is 5.00. The minimum Gasteiger partial charge on any atom is -0.367 e. The van der Waals surface area contributed by atoms with Crippen LogP contribution in [0.25, 0.3) is 0 Å². The zero-order chi connectivity index (χ0) is 10.3. The Labute approximate surface area is 92.8 Å². The summed E-state index contributed by atoms with van der Waals surface area (Å²) < 4.78 is 5.43. The van der Waals surface area contributed by atoms with E-state index in [1.165, 1.54) is 25.7 Å². The van der Waals surface area contributed by atoms with Gasteiger partial charge in [0.25, 0.3) is 0 Å². The second kappa shape index (κ2) is 4.06. The first-order chi connectivity index (χ1) is 7.36. The topological polar surface area (TPSA) is 21.3 Å². The zero-order valence-electron chi connectivity index (χ0n) is 9.74. The Hall–Kier alpha value is -0.0800. The van der Waals surface area contributed by atoms with E-state index in [1.807, 2.05) is 0 Å². The molecule has 4 rings (SSSR count). The molecule has 0 aromatic carbocycles. The van der Waals surface area contributed by atoms with E-state index in [1.54, 1.807) is 6.42 Å². The lowest BCUT2D eigenvalue weighted by Crippen LogP contribution is -2.54. The Balaban J connectivity index is 1.60. The van der Waals surface area contributed by atoms with Crippen LogP contribution >= 0.6 is 0 Å². The molecule has 1 N–H and O–H groups in total. The molecule has 0 saturated heterocycles. The van der Waals surface area contributed by atoms with Gasteiger partial charge in [0.2, 0.25) is 0 Å². The van der Waals surface area contributed by atoms with Crippen molar-refractivity contribution in [2.75, 3.05) is 13.3 Å². The highest BCUT2D eigenvalue weighted by atomic mass is 16.5. The first-order valence-corrected chi connectivity index (χ1v) is 6.68. The second-order valence-corrected chi connectivity index (χ2v) is 5.80. The lowest BCUT2D eigenvalue weighted by Gasteiger charge is -2.54. The van der Waals surface area contributed by atoms with Gasteiger partial charge < -0.3 is 4.74 Å². The molecule has 0 amide bonds. The minimum absolute atomic E-state index is 0.767. The SMILES string of the molecule is CCOCNC1C2CC3CC(C2)CC1C3. The van der Waals surface area contributed by atoms with Crippen molar-refractivity contribution < 1.29 is 4.74 Å². The molecule has 86 valence electrons. The van der Waals surface area contributed by atoms with Crippen LogP contribution in [-0.2, 0) is 4.74 Å². The third-order valence-electron chi connectivity index (χ3n) is 4.85. The number of nitrogens with one attached hydrogen (secondary N) is 1. The van der Waals surface area contributed by atoms with E-state index in [0.717, 1.165) is 43.1 Å². The van der Waals surface area contributed by atoms with Gasteiger partial charge in [-0.1, -0.05) is 0 Å². The van der Waals surface area contributed by atoms with E-state index in [4.69, 9.17) is 4.74 Å². The third-order valence-corrected chi connectivity index (χ3v) is 4.85. The Morgan fingerprint density at radius 3 is 2.13 bits per heavy atom. The van der Waals surface area contributed by atoms with Gasteiger partial charge in [-0.25, -0.2) is 0 Å². The summed E-state index contributed by atoms with van der Waals surface area (Å²) >= 11 is 0. The molecule has 0 atom stereocenters. The Bertz CT molecular complexity index is 201. The fourth-order valence-electron chi connectivity index (χ4n) is 4.52. The van der Waals surface area contributed by atoms with Crippen LogP contribution in [0.5, 0.6) is 0 Å². The van der Waals surface area contributed by atoms with Crippen LogP contribution in [0.15, 0.2) is 0 Å². The third kappa shape index (κ3) is 1.83. The summed E-state index contributed by atoms with van der Waals surface area (Å²) in [5.41, 5.74) is 0. The molecule has 4 fully saturated rings. The highest BCUT2D eigenvalue weighted by Gasteiger charge is 2.47. The van der Waals surface area contributed by atoms with Gasteiger partial charge in [-0.3, -0.25) is 5.32 Å². The lowest BCUT2D eigenvalue weighted by molar-refractivity contribution is -0.0274. The summed E-state index contributed by atoms with van der Waals surface area (Å²) in [4.78, 5) is 0. The molecule has 2 nitrogen and oxygen atoms in total. The van der Waals surface area contributed by atoms with Gasteiger partial charge in [-0.2, -0.15) is 0 Å². The van der Waals surface area contributed by atoms with Gasteiger partial charge >= 0.3 is 0 Å². The van der Waals surface area contributed by atoms with E-state index in [9.17, 15) is 0 Å². The number of rotatable bonds is 4. The van der Waals surface area contributed by atoms with Gasteiger partial charge in [-0.15, -0.1) is 0 Å². The summed E-state index contributed by atoms with van der Waals surface area (Å²) in [7, 11) is 0. The van der Waals surface area contributed by atoms with E-state index in [0.29, 0.717) is 0 Å². The maximum Gasteiger partial charge on any atom is 0.0967 e. The first-order valence-electron chi connectivity index (χ1n) is 6.68. The van der Waals surface area contributed by atoms with Crippen LogP contribution in [-0.4, -0.2) is 19.4 Å². The maximum atomic E-state index is 5.43. The Kier molecular flexibility index (Phi) is 2.73. The number of ether oxygens (including phenoxy) is 1. The number of hydrogen-bond donors (Lipinski definition) is 1. The number of hydrogen-bond acceptors (Lipinski definition) is 2. The van der Waals surface area contributed by atoms with Crippen molar-refractivity contribution in [1.29, 1.82) is 0 Å². The van der Waals surface area contributed by atoms with Crippen molar-refractivity contribution in [1.82, 2.24) is 5.32 Å². The predicted octanol–water partition coefficient (Wildman–Crippen LogP) is 2.39. The Morgan fingerprint density at radius 1 is 1.00 bits per heavy atom. The zero-order valence-corrected chi connectivity index (χ0v) is 9.74. The fourth-order valence-corrected chi connectivity index (χ4v) is 4.52. The standard InChI is InChI=1S/C13H23NO/c1-2-15-8-14-13-11-4-9-3-10(6-11)7-12(13)5-9/h9-14H,2-8H2,1H3. The molecule has 0 aromatic rings. The van der Waals surface area contributed by atoms with Crippen molar-refractivity contribution in [2.45, 2.75) is 45.1 Å². The molecule has 0 aliphatic heterocycles. The summed E-state index contributed by atoms with van der Waals surface area (Å²) in [6, 6.07) is 0.782. The van der Waals surface area contributed by atoms with Crippen molar-refractivity contribution in [2.24, 2.45) is 23.7 Å². The van der Waals surface area contributed by atoms with Gasteiger partial charge in [0.1, 0.15) is 0 Å². The van der Waals surface area contributed by atoms with Crippen molar-refractivity contribution in [3.05, 3.63) is 0 Å². The summed E-state index contributed by atoms with van der Waals surface area (Å²) in [6.45, 7) is 3.67. The van der Waals surface area contributed by atoms with Crippen molar-refractivity contribution >= 4 is 0 Å². The van der Waals surface area contributed by atoms with Crippen LogP contribution in [0.3, 0.4) is 0 Å². The average Bonchev–Trinajstić information content (AvgIpc) is 2.21. The normalized spacial score (nSPS) is 47.4. The molecule has 4 saturated carbocycles. The molecule has 0 aromatic heterocycles. The van der Waals surface area contributed by atoms with Crippen LogP contribution in [0.2, 0.25) is 0 Å². The summed E-state index contributed by atoms with van der Waals surface area (Å²) in [5, 5.41) is 3.64. The van der Waals surface area contributed by atoms with Crippen LogP contribution in [0.4, 0.5) is 0 Å². The van der Waals surface area contributed by atoms with Gasteiger partial charge in [-0.05, 0) is 62.7 Å². The monoisotopic (exact) mass is 209 g/mol. The summed E-state index contributed by atoms with van der Waals surface area (Å²) in [6.07, 6.45) is 7.53. The van der Waals surface area contributed by atoms with Crippen LogP contribution < -0.4 is 5.32 Å². The van der Waals surface area contributed by atoms with Crippen LogP contribution in [0, 0.1) is 23.7 Å². The van der Waals surface area contributed by atoms with Gasteiger partial charge in [0.15, 0.2) is 0 Å². The molecule has 0 radical (unpaired) electrons. The first kappa shape index (κ1) is 10.1. The van der Waals surface area contributed by atoms with E-state index in [-0.39, 0.29) is 0 Å². The molecule has 15 heavy (non-hydrogen) atoms. The Morgan fingerprint density at radius 2 is 1.60 bits per heavy atom. The van der Waals surface area contributed by atoms with E-state index >= 15 is 0 Å². The van der Waals surface area contributed by atoms with Crippen molar-refractivity contribution in [3.8, 4) is 0 Å². The molecule has 0 spiro atoms. The average molecular weight is 209 g/mol. The highest BCUT2D eigenvalue weighted by Crippen LogP contribution is 2.53. The van der Waals surface area contributed by atoms with Gasteiger partial charge in [0, 0.05) is 12.6 Å². The minimum atomic E-state index is 0.767. The van der Waals surface area contributed by atoms with Crippen molar-refractivity contribution in [3.63, 3.8) is 0 Å². The second-order valence-electron chi connectivity index (χ2n) is 5.80. The molecule has 0 unspecified atom stereocenters. The molecule has 2 heteroatoms. The van der Waals surface area contributed by atoms with Crippen LogP contribution in [0.1, 0.15) is 39.0 Å². The largest absolute Gasteiger partial charge is 0.367 e. The predicted molar refractivity (Wildman–Crippen MR) is 60.5 cm³/mol. The lowest BCUT2D eigenvalue weighted by atomic mass is 9.54. The molecular formula is C13H23NO. The summed E-state index contributed by atoms with van der Waals surface area (Å²) in [5.74, 6) is 4.11.